The second kappa shape index (κ2) is 8.89. The fourth-order valence-electron chi connectivity index (χ4n) is 3.06. The lowest BCUT2D eigenvalue weighted by Gasteiger charge is -2.13. The van der Waals surface area contributed by atoms with E-state index in [2.05, 4.69) is 5.32 Å². The van der Waals surface area contributed by atoms with Crippen LogP contribution in [0.15, 0.2) is 62.8 Å². The van der Waals surface area contributed by atoms with E-state index in [0.717, 1.165) is 4.90 Å². The Hall–Kier alpha value is -3.56. The molecule has 32 heavy (non-hydrogen) atoms. The molecule has 8 nitrogen and oxygen atoms in total. The predicted molar refractivity (Wildman–Crippen MR) is 122 cm³/mol. The summed E-state index contributed by atoms with van der Waals surface area (Å²) in [5.74, 6) is -0.811. The summed E-state index contributed by atoms with van der Waals surface area (Å²) in [6.45, 7) is -0.488. The van der Waals surface area contributed by atoms with Gasteiger partial charge >= 0.3 is 0 Å². The second-order valence-corrected chi connectivity index (χ2v) is 8.08. The number of halogens is 1. The minimum Gasteiger partial charge on any atom is -0.495 e. The van der Waals surface area contributed by atoms with E-state index >= 15 is 0 Å². The normalized spacial score (nSPS) is 14.9. The van der Waals surface area contributed by atoms with Gasteiger partial charge in [0, 0.05) is 5.69 Å². The van der Waals surface area contributed by atoms with E-state index in [1.165, 1.54) is 25.5 Å². The molecule has 1 aliphatic rings. The summed E-state index contributed by atoms with van der Waals surface area (Å²) in [7, 11) is 1.47. The van der Waals surface area contributed by atoms with Crippen molar-refractivity contribution in [3.63, 3.8) is 0 Å². The molecule has 0 saturated carbocycles. The molecule has 1 aromatic heterocycles. The first-order valence-corrected chi connectivity index (χ1v) is 10.5. The van der Waals surface area contributed by atoms with E-state index < -0.39 is 23.6 Å². The topological polar surface area (TPSA) is 106 Å². The molecule has 1 aliphatic heterocycles. The molecule has 4 rings (SSSR count). The maximum Gasteiger partial charge on any atom is 0.294 e. The highest BCUT2D eigenvalue weighted by Gasteiger charge is 2.36. The standard InChI is InChI=1S/C22H15ClN2O6S/c1-30-17-7-6-13(9-15(17)23)24-19(26)10-25-21(28)18(32-22(25)29)8-12-11-31-16-5-3-2-4-14(16)20(12)27/h2-9,11H,10H2,1H3,(H,24,26)/b18-8-. The van der Waals surface area contributed by atoms with Crippen LogP contribution in [-0.2, 0) is 9.59 Å². The third-order valence-electron chi connectivity index (χ3n) is 4.60. The van der Waals surface area contributed by atoms with Crippen molar-refractivity contribution >= 4 is 63.1 Å². The molecule has 2 heterocycles. The van der Waals surface area contributed by atoms with Crippen molar-refractivity contribution in [3.8, 4) is 5.75 Å². The van der Waals surface area contributed by atoms with Gasteiger partial charge in [-0.2, -0.15) is 0 Å². The molecule has 0 aliphatic carbocycles. The smallest absolute Gasteiger partial charge is 0.294 e. The van der Waals surface area contributed by atoms with Crippen LogP contribution in [0.2, 0.25) is 5.02 Å². The number of hydrogen-bond donors (Lipinski definition) is 1. The van der Waals surface area contributed by atoms with Gasteiger partial charge in [0.2, 0.25) is 5.91 Å². The van der Waals surface area contributed by atoms with Crippen LogP contribution in [0.4, 0.5) is 10.5 Å². The molecule has 0 radical (unpaired) electrons. The van der Waals surface area contributed by atoms with Crippen molar-refractivity contribution in [2.24, 2.45) is 0 Å². The van der Waals surface area contributed by atoms with Gasteiger partial charge in [0.15, 0.2) is 5.43 Å². The summed E-state index contributed by atoms with van der Waals surface area (Å²) >= 11 is 6.68. The Morgan fingerprint density at radius 3 is 2.75 bits per heavy atom. The maximum absolute atomic E-state index is 12.7. The number of thioether (sulfide) groups is 1. The summed E-state index contributed by atoms with van der Waals surface area (Å²) in [5, 5.41) is 2.62. The van der Waals surface area contributed by atoms with Gasteiger partial charge in [0.1, 0.15) is 24.1 Å². The van der Waals surface area contributed by atoms with E-state index in [0.29, 0.717) is 39.2 Å². The third kappa shape index (κ3) is 4.25. The number of hydrogen-bond acceptors (Lipinski definition) is 7. The zero-order valence-corrected chi connectivity index (χ0v) is 18.2. The molecule has 1 fully saturated rings. The Labute approximate surface area is 190 Å². The fourth-order valence-corrected chi connectivity index (χ4v) is 4.15. The predicted octanol–water partition coefficient (Wildman–Crippen LogP) is 4.13. The number of amides is 3. The lowest BCUT2D eigenvalue weighted by Crippen LogP contribution is -2.36. The Kier molecular flexibility index (Phi) is 6.02. The van der Waals surface area contributed by atoms with Crippen molar-refractivity contribution in [1.29, 1.82) is 0 Å². The van der Waals surface area contributed by atoms with Crippen LogP contribution in [0, 0.1) is 0 Å². The van der Waals surface area contributed by atoms with Gasteiger partial charge in [-0.05, 0) is 48.2 Å². The van der Waals surface area contributed by atoms with E-state index in [9.17, 15) is 19.2 Å². The summed E-state index contributed by atoms with van der Waals surface area (Å²) < 4.78 is 10.5. The summed E-state index contributed by atoms with van der Waals surface area (Å²) in [4.78, 5) is 50.8. The van der Waals surface area contributed by atoms with Gasteiger partial charge < -0.3 is 14.5 Å². The lowest BCUT2D eigenvalue weighted by molar-refractivity contribution is -0.127. The summed E-state index contributed by atoms with van der Waals surface area (Å²) in [6, 6.07) is 11.4. The number of anilines is 1. The Morgan fingerprint density at radius 2 is 2.00 bits per heavy atom. The molecule has 1 N–H and O–H groups in total. The number of methoxy groups -OCH3 is 1. The molecule has 0 atom stereocenters. The van der Waals surface area contributed by atoms with Crippen molar-refractivity contribution in [2.45, 2.75) is 0 Å². The van der Waals surface area contributed by atoms with Crippen LogP contribution in [-0.4, -0.2) is 35.6 Å². The van der Waals surface area contributed by atoms with Gasteiger partial charge in [0.25, 0.3) is 11.1 Å². The SMILES string of the molecule is COc1ccc(NC(=O)CN2C(=O)S/C(=C\c3coc4ccccc4c3=O)C2=O)cc1Cl. The average molecular weight is 471 g/mol. The molecular weight excluding hydrogens is 456 g/mol. The van der Waals surface area contributed by atoms with Crippen molar-refractivity contribution in [3.05, 3.63) is 74.4 Å². The molecule has 0 unspecified atom stereocenters. The molecular formula is C22H15ClN2O6S. The number of carbonyl (C=O) groups is 3. The van der Waals surface area contributed by atoms with Gasteiger partial charge in [0.05, 0.1) is 28.0 Å². The first-order valence-electron chi connectivity index (χ1n) is 9.26. The number of carbonyl (C=O) groups excluding carboxylic acids is 3. The number of para-hydroxylation sites is 1. The van der Waals surface area contributed by atoms with Crippen LogP contribution in [0.25, 0.3) is 17.0 Å². The fraction of sp³-hybridized carbons (Fsp3) is 0.0909. The van der Waals surface area contributed by atoms with E-state index in [1.54, 1.807) is 36.4 Å². The highest BCUT2D eigenvalue weighted by atomic mass is 35.5. The number of ether oxygens (including phenoxy) is 1. The highest BCUT2D eigenvalue weighted by Crippen LogP contribution is 2.32. The quantitative estimate of drug-likeness (QED) is 0.559. The molecule has 0 bridgehead atoms. The monoisotopic (exact) mass is 470 g/mol. The number of nitrogens with one attached hydrogen (secondary N) is 1. The number of imide groups is 1. The molecule has 0 spiro atoms. The molecule has 3 aromatic rings. The molecule has 3 amide bonds. The lowest BCUT2D eigenvalue weighted by atomic mass is 10.1. The Balaban J connectivity index is 1.50. The van der Waals surface area contributed by atoms with Crippen molar-refractivity contribution in [2.75, 3.05) is 19.0 Å². The third-order valence-corrected chi connectivity index (χ3v) is 5.81. The first-order chi connectivity index (χ1) is 15.4. The van der Waals surface area contributed by atoms with E-state index in [4.69, 9.17) is 20.8 Å². The molecule has 162 valence electrons. The van der Waals surface area contributed by atoms with Gasteiger partial charge in [-0.15, -0.1) is 0 Å². The number of nitrogens with zero attached hydrogens (tertiary/aromatic N) is 1. The minimum absolute atomic E-state index is 0.0258. The summed E-state index contributed by atoms with van der Waals surface area (Å²) in [5.41, 5.74) is 0.606. The highest BCUT2D eigenvalue weighted by molar-refractivity contribution is 8.18. The van der Waals surface area contributed by atoms with E-state index in [1.807, 2.05) is 0 Å². The Bertz CT molecular complexity index is 1350. The van der Waals surface area contributed by atoms with Crippen LogP contribution >= 0.6 is 23.4 Å². The van der Waals surface area contributed by atoms with Gasteiger partial charge in [-0.25, -0.2) is 0 Å². The number of fused-ring (bicyclic) bond motifs is 1. The van der Waals surface area contributed by atoms with Crippen LogP contribution in [0.1, 0.15) is 5.56 Å². The zero-order chi connectivity index (χ0) is 22.8. The largest absolute Gasteiger partial charge is 0.495 e. The van der Waals surface area contributed by atoms with Gasteiger partial charge in [-0.1, -0.05) is 23.7 Å². The minimum atomic E-state index is -0.671. The van der Waals surface area contributed by atoms with Crippen LogP contribution in [0.3, 0.4) is 0 Å². The molecule has 1 saturated heterocycles. The zero-order valence-electron chi connectivity index (χ0n) is 16.6. The van der Waals surface area contributed by atoms with Crippen molar-refractivity contribution < 1.29 is 23.5 Å². The number of rotatable bonds is 5. The summed E-state index contributed by atoms with van der Waals surface area (Å²) in [6.07, 6.45) is 2.53. The van der Waals surface area contributed by atoms with E-state index in [-0.39, 0.29) is 15.9 Å². The second-order valence-electron chi connectivity index (χ2n) is 6.68. The maximum atomic E-state index is 12.7. The molecule has 10 heteroatoms. The van der Waals surface area contributed by atoms with Gasteiger partial charge in [-0.3, -0.25) is 24.1 Å². The Morgan fingerprint density at radius 1 is 1.22 bits per heavy atom. The average Bonchev–Trinajstić information content (AvgIpc) is 3.03. The first kappa shape index (κ1) is 21.7. The van der Waals surface area contributed by atoms with Crippen molar-refractivity contribution in [1.82, 2.24) is 4.90 Å². The molecule has 2 aromatic carbocycles. The van der Waals surface area contributed by atoms with Crippen LogP contribution in [0.5, 0.6) is 5.75 Å². The number of benzene rings is 2. The van der Waals surface area contributed by atoms with Crippen LogP contribution < -0.4 is 15.5 Å².